The highest BCUT2D eigenvalue weighted by Crippen LogP contribution is 2.37. The minimum Gasteiger partial charge on any atom is -0.336 e. The van der Waals surface area contributed by atoms with Crippen molar-refractivity contribution in [2.75, 3.05) is 0 Å². The molecule has 4 aromatic rings. The third-order valence-electron chi connectivity index (χ3n) is 13.9. The summed E-state index contributed by atoms with van der Waals surface area (Å²) in [7, 11) is 0. The van der Waals surface area contributed by atoms with Gasteiger partial charge in [0.1, 0.15) is 29.4 Å². The summed E-state index contributed by atoms with van der Waals surface area (Å²) in [5.74, 6) is -21.7. The first-order chi connectivity index (χ1) is 28.0. The third kappa shape index (κ3) is 7.99. The molecular formula is C46H52BF12N. The average molecular weight is 858 g/mol. The van der Waals surface area contributed by atoms with Crippen LogP contribution in [0.4, 0.5) is 52.7 Å². The summed E-state index contributed by atoms with van der Waals surface area (Å²) >= 11 is 0. The molecule has 1 nitrogen and oxygen atoms in total. The second-order valence-corrected chi connectivity index (χ2v) is 17.7. The molecule has 60 heavy (non-hydrogen) atoms. The maximum absolute atomic E-state index is 16.0. The number of benzene rings is 4. The second kappa shape index (κ2) is 17.8. The van der Waals surface area contributed by atoms with Gasteiger partial charge in [0.05, 0.1) is 57.6 Å². The van der Waals surface area contributed by atoms with E-state index in [9.17, 15) is 17.6 Å². The molecule has 2 aliphatic carbocycles. The van der Waals surface area contributed by atoms with E-state index in [1.54, 1.807) is 0 Å². The van der Waals surface area contributed by atoms with Crippen molar-refractivity contribution in [1.82, 2.24) is 0 Å². The van der Waals surface area contributed by atoms with Crippen LogP contribution in [0.1, 0.15) is 114 Å². The van der Waals surface area contributed by atoms with Gasteiger partial charge in [-0.3, -0.25) is 0 Å². The lowest BCUT2D eigenvalue weighted by molar-refractivity contribution is -0.806. The number of quaternary nitrogens is 1. The van der Waals surface area contributed by atoms with Crippen LogP contribution in [0.5, 0.6) is 0 Å². The summed E-state index contributed by atoms with van der Waals surface area (Å²) in [5.41, 5.74) is -10.8. The van der Waals surface area contributed by atoms with Crippen molar-refractivity contribution in [2.24, 2.45) is 11.8 Å². The van der Waals surface area contributed by atoms with Crippen LogP contribution in [0, 0.1) is 109 Å². The van der Waals surface area contributed by atoms with E-state index < -0.39 is 120 Å². The van der Waals surface area contributed by atoms with Crippen molar-refractivity contribution >= 4 is 28.0 Å². The first kappa shape index (κ1) is 47.1. The topological polar surface area (TPSA) is 16.6 Å². The first-order valence-electron chi connectivity index (χ1n) is 20.6. The third-order valence-corrected chi connectivity index (χ3v) is 13.9. The Balaban J connectivity index is 0.000000299. The summed E-state index contributed by atoms with van der Waals surface area (Å²) in [5, 5.41) is 2.91. The fourth-order valence-corrected chi connectivity index (χ4v) is 10.1. The molecule has 0 amide bonds. The van der Waals surface area contributed by atoms with Gasteiger partial charge in [-0.25, -0.2) is 52.7 Å². The van der Waals surface area contributed by atoms with Crippen LogP contribution in [0.2, 0.25) is 0 Å². The molecule has 328 valence electrons. The zero-order valence-electron chi connectivity index (χ0n) is 35.2. The van der Waals surface area contributed by atoms with Crippen LogP contribution < -0.4 is 27.2 Å². The number of nitrogens with two attached hydrogens (primary N) is 1. The number of halogens is 12. The lowest BCUT2D eigenvalue weighted by atomic mass is 9.12. The van der Waals surface area contributed by atoms with Crippen molar-refractivity contribution in [3.05, 3.63) is 116 Å². The van der Waals surface area contributed by atoms with E-state index in [1.807, 2.05) is 0 Å². The Morgan fingerprint density at radius 3 is 0.800 bits per heavy atom. The normalized spacial score (nSPS) is 16.6. The largest absolute Gasteiger partial charge is 0.336 e. The Morgan fingerprint density at radius 2 is 0.600 bits per heavy atom. The first-order valence-corrected chi connectivity index (χ1v) is 20.6. The zero-order chi connectivity index (χ0) is 44.8. The Labute approximate surface area is 344 Å². The molecule has 6 rings (SSSR count). The Kier molecular flexibility index (Phi) is 14.0. The molecule has 0 aliphatic heterocycles. The SMILES string of the molecule is CC(C)C1([NH2+]C2(C(C)C)CCCCC2)CCCCC1.Cc1c(F)cc(F)c([B-](c2c(F)cc(F)c(C)c2F)(c2c(F)cc(F)c(C)c2F)c2c(F)cc(F)c(C)c2F)c1F. The van der Waals surface area contributed by atoms with E-state index >= 15 is 35.1 Å². The fourth-order valence-electron chi connectivity index (χ4n) is 10.1. The molecule has 0 bridgehead atoms. The van der Waals surface area contributed by atoms with Crippen molar-refractivity contribution in [1.29, 1.82) is 0 Å². The molecule has 2 N–H and O–H groups in total. The zero-order valence-corrected chi connectivity index (χ0v) is 35.2. The highest BCUT2D eigenvalue weighted by Gasteiger charge is 2.50. The standard InChI is InChI=1S/C28H16BF12.C18H35N/c1-9-13(30)5-17(34)21(25(9)38)29(22-18(35)6-14(31)10(2)26(22)39,23-19(36)7-15(32)11(3)27(23)40)24-20(37)8-16(33)12(4)28(24)41;1-15(2)17(11-7-5-8-12-17)19-18(16(3)4)13-9-6-10-14-18/h5-8H,1-4H3;15-16,19H,5-14H2,1-4H3/q-1;/p+1. The lowest BCUT2D eigenvalue weighted by Gasteiger charge is -2.49. The van der Waals surface area contributed by atoms with Crippen molar-refractivity contribution in [2.45, 2.75) is 131 Å². The Bertz CT molecular complexity index is 1970. The molecule has 0 unspecified atom stereocenters. The highest BCUT2D eigenvalue weighted by atomic mass is 19.2. The summed E-state index contributed by atoms with van der Waals surface area (Å²) < 4.78 is 184. The fraction of sp³-hybridized carbons (Fsp3) is 0.478. The van der Waals surface area contributed by atoms with Crippen LogP contribution in [-0.2, 0) is 0 Å². The highest BCUT2D eigenvalue weighted by molar-refractivity contribution is 7.20. The molecule has 0 heterocycles. The lowest BCUT2D eigenvalue weighted by Crippen LogP contribution is -3.08. The average Bonchev–Trinajstić information content (AvgIpc) is 3.18. The molecule has 0 atom stereocenters. The van der Waals surface area contributed by atoms with E-state index in [2.05, 4.69) is 33.0 Å². The van der Waals surface area contributed by atoms with Gasteiger partial charge in [-0.1, -0.05) is 40.5 Å². The van der Waals surface area contributed by atoms with E-state index in [4.69, 9.17) is 0 Å². The molecule has 2 saturated carbocycles. The summed E-state index contributed by atoms with van der Waals surface area (Å²) in [6.07, 6.45) is 9.39. The summed E-state index contributed by atoms with van der Waals surface area (Å²) in [6.45, 7) is 12.6. The predicted molar refractivity (Wildman–Crippen MR) is 212 cm³/mol. The summed E-state index contributed by atoms with van der Waals surface area (Å²) in [4.78, 5) is 0. The molecule has 14 heteroatoms. The van der Waals surface area contributed by atoms with E-state index in [-0.39, 0.29) is 24.3 Å². The van der Waals surface area contributed by atoms with Crippen molar-refractivity contribution in [3.8, 4) is 0 Å². The van der Waals surface area contributed by atoms with E-state index in [1.165, 1.54) is 64.2 Å². The number of hydrogen-bond acceptors (Lipinski definition) is 0. The summed E-state index contributed by atoms with van der Waals surface area (Å²) in [6, 6.07) is -0.298. The molecule has 2 aliphatic rings. The molecule has 2 fully saturated rings. The molecule has 0 radical (unpaired) electrons. The van der Waals surface area contributed by atoms with Gasteiger partial charge >= 0.3 is 0 Å². The van der Waals surface area contributed by atoms with Gasteiger partial charge in [-0.2, -0.15) is 0 Å². The molecule has 0 aromatic heterocycles. The molecule has 0 spiro atoms. The van der Waals surface area contributed by atoms with Crippen LogP contribution >= 0.6 is 0 Å². The molecular weight excluding hydrogens is 805 g/mol. The Morgan fingerprint density at radius 1 is 0.383 bits per heavy atom. The minimum atomic E-state index is -5.22. The van der Waals surface area contributed by atoms with Crippen LogP contribution in [-0.4, -0.2) is 17.2 Å². The van der Waals surface area contributed by atoms with E-state index in [0.29, 0.717) is 38.8 Å². The van der Waals surface area contributed by atoms with Gasteiger partial charge in [-0.05, 0) is 53.4 Å². The van der Waals surface area contributed by atoms with Gasteiger partial charge in [0.2, 0.25) is 0 Å². The monoisotopic (exact) mass is 857 g/mol. The number of rotatable bonds is 8. The predicted octanol–water partition coefficient (Wildman–Crippen LogP) is 10.2. The number of hydrogen-bond donors (Lipinski definition) is 1. The van der Waals surface area contributed by atoms with Crippen molar-refractivity contribution in [3.63, 3.8) is 0 Å². The minimum absolute atomic E-state index is 0.0746. The van der Waals surface area contributed by atoms with Gasteiger partial charge in [0.15, 0.2) is 0 Å². The second-order valence-electron chi connectivity index (χ2n) is 17.7. The maximum atomic E-state index is 16.0. The van der Waals surface area contributed by atoms with Crippen LogP contribution in [0.25, 0.3) is 0 Å². The Hall–Kier alpha value is -3.94. The quantitative estimate of drug-likeness (QED) is 0.134. The maximum Gasteiger partial charge on any atom is 0.136 e. The van der Waals surface area contributed by atoms with Crippen LogP contribution in [0.15, 0.2) is 24.3 Å². The van der Waals surface area contributed by atoms with Crippen LogP contribution in [0.3, 0.4) is 0 Å². The van der Waals surface area contributed by atoms with Gasteiger partial charge < -0.3 is 5.32 Å². The smallest absolute Gasteiger partial charge is 0.136 e. The molecule has 0 saturated heterocycles. The van der Waals surface area contributed by atoms with Gasteiger partial charge in [0.25, 0.3) is 0 Å². The van der Waals surface area contributed by atoms with E-state index in [0.717, 1.165) is 11.8 Å². The van der Waals surface area contributed by atoms with Gasteiger partial charge in [-0.15, -0.1) is 21.9 Å². The molecule has 4 aromatic carbocycles. The van der Waals surface area contributed by atoms with Gasteiger partial charge in [0, 0.05) is 84.0 Å². The van der Waals surface area contributed by atoms with Crippen molar-refractivity contribution < 1.29 is 58.0 Å².